The van der Waals surface area contributed by atoms with Crippen LogP contribution < -0.4 is 29.6 Å². The predicted octanol–water partition coefficient (Wildman–Crippen LogP) is 9.47. The van der Waals surface area contributed by atoms with E-state index in [9.17, 15) is 28.8 Å². The van der Waals surface area contributed by atoms with E-state index >= 15 is 0 Å². The van der Waals surface area contributed by atoms with Crippen molar-refractivity contribution in [3.05, 3.63) is 96.4 Å². The van der Waals surface area contributed by atoms with Crippen LogP contribution in [0.15, 0.2) is 73.6 Å². The number of fused-ring (bicyclic) bond motifs is 10. The molecule has 96 heavy (non-hydrogen) atoms. The standard InChI is InChI=1S/C36H45N6O6.C34H41N6O6.2V/c1-22-29(20-43)42-19-31(22)47-33-27(39-26-14-13-25(17-28(26)40-33)46-21-24-18-37-15-16-38-24)11-7-5-6-9-23-10-8-12-30(23)48-35(45)41-32(34(42)44)36(2,3)4;1-20-27(18-41)40-17-29(20)45-31-25(37-24-11-10-23(15-26(24)38-31)44-19-22-16-35-12-13-36-22)9-7-5-6-8-21-14-28(21)46-33(43)39-30(32(40)42)34(2,3)4;;/h13-18,22-23,29-32H,5-12,19,21H2,1-4H3,(H,41,45);10-13,15-16,20-21,27-30H,5-9,14,17,19H2,1-4H3,(H,39,43);;/q2*-1;;/t22-,23+,29+,30+,31-,32+;20-,21+,27+,28+,29-,30+;;/m00../s1. The predicted molar refractivity (Wildman–Crippen MR) is 344 cm³/mol. The Morgan fingerprint density at radius 1 is 0.521 bits per heavy atom. The zero-order valence-electron chi connectivity index (χ0n) is 55.8. The molecule has 0 spiro atoms. The number of alkyl carbamates (subject to hydrolysis) is 2. The maximum atomic E-state index is 14.1. The summed E-state index contributed by atoms with van der Waals surface area (Å²) in [5.74, 6) is 1.08. The number of nitrogens with zero attached hydrogens (tertiary/aromatic N) is 10. The summed E-state index contributed by atoms with van der Waals surface area (Å²) in [5, 5.41) is 5.67. The van der Waals surface area contributed by atoms with Gasteiger partial charge in [0.1, 0.15) is 72.6 Å². The topological polar surface area (TPSA) is 291 Å². The first-order chi connectivity index (χ1) is 45.2. The number of aromatic nitrogens is 8. The molecular weight excluding hydrogens is 1300 g/mol. The summed E-state index contributed by atoms with van der Waals surface area (Å²) in [6.07, 6.45) is 24.0. The van der Waals surface area contributed by atoms with E-state index in [1.54, 1.807) is 37.2 Å². The maximum Gasteiger partial charge on any atom is 0.408 e. The Kier molecular flexibility index (Phi) is 24.4. The van der Waals surface area contributed by atoms with Crippen LogP contribution in [-0.2, 0) is 91.8 Å². The van der Waals surface area contributed by atoms with Gasteiger partial charge in [0.25, 0.3) is 0 Å². The number of aryl methyl sites for hydroxylation is 2. The van der Waals surface area contributed by atoms with Gasteiger partial charge < -0.3 is 58.4 Å². The number of carbonyl (C=O) groups excluding carboxylic acids is 6. The van der Waals surface area contributed by atoms with E-state index in [4.69, 9.17) is 48.4 Å². The second-order valence-electron chi connectivity index (χ2n) is 28.0. The van der Waals surface area contributed by atoms with Crippen LogP contribution in [0, 0.1) is 34.5 Å². The molecule has 2 N–H and O–H groups in total. The zero-order valence-corrected chi connectivity index (χ0v) is 58.6. The van der Waals surface area contributed by atoms with E-state index in [0.29, 0.717) is 70.0 Å². The molecule has 6 aliphatic rings. The molecule has 4 amide bonds. The van der Waals surface area contributed by atoms with Gasteiger partial charge in [-0.25, -0.2) is 42.1 Å². The van der Waals surface area contributed by atoms with Crippen LogP contribution in [0.2, 0.25) is 0 Å². The fraction of sp³-hybridized carbons (Fsp3) is 0.571. The van der Waals surface area contributed by atoms with Crippen LogP contribution in [0.25, 0.3) is 22.1 Å². The van der Waals surface area contributed by atoms with Gasteiger partial charge in [-0.3, -0.25) is 29.5 Å². The molecule has 4 fully saturated rings. The number of rotatable bonds is 8. The summed E-state index contributed by atoms with van der Waals surface area (Å²) >= 11 is 0. The molecule has 2 saturated carbocycles. The van der Waals surface area contributed by atoms with E-state index in [0.717, 1.165) is 94.0 Å². The third kappa shape index (κ3) is 17.8. The van der Waals surface area contributed by atoms with Gasteiger partial charge >= 0.3 is 12.2 Å². The van der Waals surface area contributed by atoms with Crippen LogP contribution in [0.3, 0.4) is 0 Å². The monoisotopic (exact) mass is 1390 g/mol. The van der Waals surface area contributed by atoms with Gasteiger partial charge in [0.05, 0.1) is 58.9 Å². The number of nitrogens with one attached hydrogen (secondary N) is 2. The number of benzene rings is 2. The molecular formula is C70H86N12O12V2-2. The summed E-state index contributed by atoms with van der Waals surface area (Å²) in [7, 11) is 0. The Morgan fingerprint density at radius 2 is 0.969 bits per heavy atom. The fourth-order valence-electron chi connectivity index (χ4n) is 13.3. The molecule has 2 saturated heterocycles. The van der Waals surface area contributed by atoms with Crippen LogP contribution >= 0.6 is 0 Å². The first kappa shape index (κ1) is 72.7. The molecule has 2 aromatic carbocycles. The van der Waals surface area contributed by atoms with Crippen LogP contribution in [-0.4, -0.2) is 148 Å². The fourth-order valence-corrected chi connectivity index (χ4v) is 13.3. The summed E-state index contributed by atoms with van der Waals surface area (Å²) < 4.78 is 36.6. The molecule has 8 heterocycles. The van der Waals surface area contributed by atoms with Crippen molar-refractivity contribution in [2.24, 2.45) is 34.5 Å². The SMILES string of the molecule is C[C@@H]1[C@@H]2CN(C(=O)[C@H](C(C)(C)C)NC(=O)O[C@@H]3CCC[C@H]3CCCCCc3nc4ccc(OCc5cnccn5)cc4nc3O2)[C@@H]1[C-]=O.C[C@@H]1[C@@H]2CN(C(=O)[C@H](C(C)(C)C)NC(=O)O[C@@H]3C[C@H]3CCCCCc3nc4ccc(OCc5cnccn5)cc4nc3O2)[C@@H]1[C-]=O.[V].[V]. The van der Waals surface area contributed by atoms with Crippen molar-refractivity contribution < 1.29 is 94.3 Å². The Morgan fingerprint density at radius 3 is 1.41 bits per heavy atom. The number of amides is 4. The molecule has 12 rings (SSSR count). The van der Waals surface area contributed by atoms with Crippen molar-refractivity contribution in [3.63, 3.8) is 0 Å². The van der Waals surface area contributed by atoms with Gasteiger partial charge in [-0.15, -0.1) is 0 Å². The molecule has 510 valence electrons. The van der Waals surface area contributed by atoms with Crippen molar-refractivity contribution >= 4 is 58.6 Å². The Bertz CT molecular complexity index is 3680. The summed E-state index contributed by atoms with van der Waals surface area (Å²) in [4.78, 5) is 118. The third-order valence-corrected chi connectivity index (χ3v) is 19.0. The third-order valence-electron chi connectivity index (χ3n) is 19.0. The van der Waals surface area contributed by atoms with Crippen LogP contribution in [0.5, 0.6) is 23.3 Å². The van der Waals surface area contributed by atoms with Crippen LogP contribution in [0.1, 0.15) is 155 Å². The Balaban J connectivity index is 0.000000221. The summed E-state index contributed by atoms with van der Waals surface area (Å²) in [5.41, 5.74) is 4.23. The van der Waals surface area contributed by atoms with Gasteiger partial charge in [0, 0.05) is 74.0 Å². The van der Waals surface area contributed by atoms with Crippen LogP contribution in [0.4, 0.5) is 9.59 Å². The molecule has 26 heteroatoms. The molecule has 4 aromatic heterocycles. The van der Waals surface area contributed by atoms with E-state index in [1.165, 1.54) is 9.80 Å². The molecule has 6 aromatic rings. The minimum absolute atomic E-state index is 0. The average Bonchev–Trinajstić information content (AvgIpc) is 1.57. The van der Waals surface area contributed by atoms with Crippen molar-refractivity contribution in [1.29, 1.82) is 0 Å². The van der Waals surface area contributed by atoms with Crippen molar-refractivity contribution in [2.45, 2.75) is 207 Å². The normalized spacial score (nSPS) is 26.6. The zero-order chi connectivity index (χ0) is 66.3. The maximum absolute atomic E-state index is 14.1. The Hall–Kier alpha value is -7.53. The molecule has 4 bridgehead atoms. The number of carbonyl (C=O) groups is 4. The molecule has 4 aliphatic heterocycles. The second kappa shape index (κ2) is 32.2. The minimum Gasteiger partial charge on any atom is -0.540 e. The smallest absolute Gasteiger partial charge is 0.408 e. The molecule has 2 aliphatic carbocycles. The minimum atomic E-state index is -0.915. The van der Waals surface area contributed by atoms with Gasteiger partial charge in [0.15, 0.2) is 0 Å². The van der Waals surface area contributed by atoms with Gasteiger partial charge in [0.2, 0.25) is 23.6 Å². The van der Waals surface area contributed by atoms with Gasteiger partial charge in [-0.05, 0) is 123 Å². The average molecular weight is 1390 g/mol. The first-order valence-electron chi connectivity index (χ1n) is 33.2. The summed E-state index contributed by atoms with van der Waals surface area (Å²) in [6, 6.07) is 7.58. The molecule has 0 unspecified atom stereocenters. The largest absolute Gasteiger partial charge is 0.540 e. The van der Waals surface area contributed by atoms with Crippen molar-refractivity contribution in [2.75, 3.05) is 13.1 Å². The quantitative estimate of drug-likeness (QED) is 0.134. The van der Waals surface area contributed by atoms with E-state index in [-0.39, 0.29) is 105 Å². The number of hydrogen-bond acceptors (Lipinski definition) is 20. The van der Waals surface area contributed by atoms with Crippen molar-refractivity contribution in [1.82, 2.24) is 60.3 Å². The van der Waals surface area contributed by atoms with Gasteiger partial charge in [-0.2, -0.15) is 0 Å². The summed E-state index contributed by atoms with van der Waals surface area (Å²) in [6.45, 7) is 15.8. The Labute approximate surface area is 584 Å². The number of ether oxygens (including phenoxy) is 6. The first-order valence-corrected chi connectivity index (χ1v) is 33.2. The molecule has 2 radical (unpaired) electrons. The van der Waals surface area contributed by atoms with E-state index < -0.39 is 59.4 Å². The second-order valence-corrected chi connectivity index (χ2v) is 28.0. The van der Waals surface area contributed by atoms with Gasteiger partial charge in [-0.1, -0.05) is 93.2 Å². The molecule has 12 atom stereocenters. The van der Waals surface area contributed by atoms with E-state index in [2.05, 4.69) is 43.1 Å². The van der Waals surface area contributed by atoms with Crippen molar-refractivity contribution in [3.8, 4) is 23.3 Å². The number of hydrogen-bond donors (Lipinski definition) is 2. The van der Waals surface area contributed by atoms with E-state index in [1.807, 2.05) is 91.8 Å². The molecule has 24 nitrogen and oxygen atoms in total.